The number of ether oxygens (including phenoxy) is 1. The van der Waals surface area contributed by atoms with Crippen LogP contribution in [0, 0.1) is 19.7 Å². The zero-order valence-corrected chi connectivity index (χ0v) is 13.9. The highest BCUT2D eigenvalue weighted by Gasteiger charge is 2.13. The molecule has 21 heavy (non-hydrogen) atoms. The van der Waals surface area contributed by atoms with Crippen molar-refractivity contribution in [3.8, 4) is 11.6 Å². The van der Waals surface area contributed by atoms with Crippen LogP contribution < -0.4 is 10.1 Å². The summed E-state index contributed by atoms with van der Waals surface area (Å²) in [4.78, 5) is 4.47. The fourth-order valence-electron chi connectivity index (χ4n) is 2.04. The molecule has 2 aromatic rings. The number of benzene rings is 1. The summed E-state index contributed by atoms with van der Waals surface area (Å²) in [5, 5.41) is 3.28. The van der Waals surface area contributed by atoms with Crippen LogP contribution in [-0.2, 0) is 6.54 Å². The van der Waals surface area contributed by atoms with Gasteiger partial charge < -0.3 is 10.1 Å². The number of pyridine rings is 1. The van der Waals surface area contributed by atoms with Crippen molar-refractivity contribution in [2.75, 3.05) is 6.54 Å². The molecule has 2 rings (SSSR count). The Kier molecular flexibility index (Phi) is 5.31. The first-order chi connectivity index (χ1) is 10.0. The topological polar surface area (TPSA) is 34.2 Å². The molecule has 0 aliphatic carbocycles. The molecule has 3 nitrogen and oxygen atoms in total. The second-order valence-corrected chi connectivity index (χ2v) is 5.68. The van der Waals surface area contributed by atoms with Crippen molar-refractivity contribution < 1.29 is 9.13 Å². The maximum Gasteiger partial charge on any atom is 0.224 e. The van der Waals surface area contributed by atoms with Crippen LogP contribution in [0.2, 0.25) is 0 Å². The van der Waals surface area contributed by atoms with Gasteiger partial charge in [-0.3, -0.25) is 0 Å². The number of halogens is 2. The standard InChI is InChI=1S/C16H18BrFN2O/c1-4-19-9-13-10(2)7-11(3)20-16(13)21-15-6-5-12(18)8-14(15)17/h5-8,19H,4,9H2,1-3H3. The van der Waals surface area contributed by atoms with Crippen LogP contribution in [0.4, 0.5) is 4.39 Å². The zero-order valence-electron chi connectivity index (χ0n) is 12.3. The molecule has 1 heterocycles. The van der Waals surface area contributed by atoms with Gasteiger partial charge in [0.05, 0.1) is 4.47 Å². The molecule has 0 bridgehead atoms. The zero-order chi connectivity index (χ0) is 15.4. The maximum absolute atomic E-state index is 13.1. The number of rotatable bonds is 5. The first-order valence-corrected chi connectivity index (χ1v) is 7.61. The molecule has 0 saturated carbocycles. The van der Waals surface area contributed by atoms with Gasteiger partial charge in [-0.15, -0.1) is 0 Å². The number of nitrogens with zero attached hydrogens (tertiary/aromatic N) is 1. The van der Waals surface area contributed by atoms with E-state index in [1.54, 1.807) is 6.07 Å². The van der Waals surface area contributed by atoms with Crippen LogP contribution in [0.1, 0.15) is 23.7 Å². The normalized spacial score (nSPS) is 10.7. The van der Waals surface area contributed by atoms with Crippen LogP contribution in [0.25, 0.3) is 0 Å². The Balaban J connectivity index is 2.37. The Morgan fingerprint density at radius 3 is 2.71 bits per heavy atom. The average molecular weight is 353 g/mol. The van der Waals surface area contributed by atoms with E-state index in [1.807, 2.05) is 26.8 Å². The summed E-state index contributed by atoms with van der Waals surface area (Å²) in [7, 11) is 0. The number of hydrogen-bond donors (Lipinski definition) is 1. The monoisotopic (exact) mass is 352 g/mol. The second kappa shape index (κ2) is 7.00. The highest BCUT2D eigenvalue weighted by atomic mass is 79.9. The lowest BCUT2D eigenvalue weighted by Gasteiger charge is -2.15. The van der Waals surface area contributed by atoms with Gasteiger partial charge in [0.25, 0.3) is 0 Å². The van der Waals surface area contributed by atoms with Gasteiger partial charge in [0.1, 0.15) is 11.6 Å². The smallest absolute Gasteiger partial charge is 0.224 e. The van der Waals surface area contributed by atoms with Crippen molar-refractivity contribution in [3.63, 3.8) is 0 Å². The third kappa shape index (κ3) is 4.02. The first kappa shape index (κ1) is 15.9. The second-order valence-electron chi connectivity index (χ2n) is 4.82. The highest BCUT2D eigenvalue weighted by molar-refractivity contribution is 9.10. The minimum absolute atomic E-state index is 0.310. The Hall–Kier alpha value is -1.46. The van der Waals surface area contributed by atoms with E-state index in [0.29, 0.717) is 22.6 Å². The van der Waals surface area contributed by atoms with Gasteiger partial charge in [0.15, 0.2) is 0 Å². The van der Waals surface area contributed by atoms with Crippen molar-refractivity contribution >= 4 is 15.9 Å². The molecule has 0 saturated heterocycles. The molecule has 0 radical (unpaired) electrons. The molecular formula is C16H18BrFN2O. The quantitative estimate of drug-likeness (QED) is 0.859. The van der Waals surface area contributed by atoms with Crippen LogP contribution in [0.3, 0.4) is 0 Å². The largest absolute Gasteiger partial charge is 0.437 e. The molecule has 112 valence electrons. The molecule has 1 N–H and O–H groups in total. The summed E-state index contributed by atoms with van der Waals surface area (Å²) < 4.78 is 19.6. The molecule has 0 atom stereocenters. The van der Waals surface area contributed by atoms with Crippen LogP contribution in [0.5, 0.6) is 11.6 Å². The number of aromatic nitrogens is 1. The SMILES string of the molecule is CCNCc1c(C)cc(C)nc1Oc1ccc(F)cc1Br. The minimum Gasteiger partial charge on any atom is -0.437 e. The van der Waals surface area contributed by atoms with Crippen molar-refractivity contribution in [2.45, 2.75) is 27.3 Å². The van der Waals surface area contributed by atoms with Crippen LogP contribution in [-0.4, -0.2) is 11.5 Å². The summed E-state index contributed by atoms with van der Waals surface area (Å²) in [6.45, 7) is 7.56. The fraction of sp³-hybridized carbons (Fsp3) is 0.312. The van der Waals surface area contributed by atoms with E-state index in [2.05, 4.69) is 26.2 Å². The van der Waals surface area contributed by atoms with Gasteiger partial charge in [-0.2, -0.15) is 0 Å². The average Bonchev–Trinajstić information content (AvgIpc) is 2.41. The maximum atomic E-state index is 13.1. The number of hydrogen-bond acceptors (Lipinski definition) is 3. The number of aryl methyl sites for hydroxylation is 2. The van der Waals surface area contributed by atoms with Gasteiger partial charge in [0.2, 0.25) is 5.88 Å². The Bertz CT molecular complexity index is 646. The Morgan fingerprint density at radius 1 is 1.29 bits per heavy atom. The Morgan fingerprint density at radius 2 is 2.05 bits per heavy atom. The molecule has 0 spiro atoms. The lowest BCUT2D eigenvalue weighted by atomic mass is 10.1. The molecule has 0 fully saturated rings. The third-order valence-electron chi connectivity index (χ3n) is 3.09. The molecule has 0 amide bonds. The highest BCUT2D eigenvalue weighted by Crippen LogP contribution is 2.32. The minimum atomic E-state index is -0.310. The summed E-state index contributed by atoms with van der Waals surface area (Å²) >= 11 is 3.31. The summed E-state index contributed by atoms with van der Waals surface area (Å²) in [5.41, 5.74) is 3.02. The molecule has 5 heteroatoms. The Labute approximate surface area is 132 Å². The van der Waals surface area contributed by atoms with E-state index < -0.39 is 0 Å². The van der Waals surface area contributed by atoms with E-state index in [9.17, 15) is 4.39 Å². The van der Waals surface area contributed by atoms with Gasteiger partial charge in [-0.25, -0.2) is 9.37 Å². The van der Waals surface area contributed by atoms with Crippen molar-refractivity contribution in [1.82, 2.24) is 10.3 Å². The van der Waals surface area contributed by atoms with E-state index in [-0.39, 0.29) is 5.82 Å². The lowest BCUT2D eigenvalue weighted by molar-refractivity contribution is 0.447. The van der Waals surface area contributed by atoms with E-state index in [1.165, 1.54) is 12.1 Å². The van der Waals surface area contributed by atoms with Crippen molar-refractivity contribution in [2.24, 2.45) is 0 Å². The summed E-state index contributed by atoms with van der Waals surface area (Å²) in [6.07, 6.45) is 0. The van der Waals surface area contributed by atoms with Crippen LogP contribution >= 0.6 is 15.9 Å². The molecule has 1 aromatic carbocycles. The summed E-state index contributed by atoms with van der Waals surface area (Å²) in [6, 6.07) is 6.36. The van der Waals surface area contributed by atoms with Crippen molar-refractivity contribution in [3.05, 3.63) is 51.4 Å². The predicted molar refractivity (Wildman–Crippen MR) is 85.3 cm³/mol. The van der Waals surface area contributed by atoms with Gasteiger partial charge in [-0.05, 0) is 66.2 Å². The molecule has 0 aliphatic heterocycles. The molecule has 1 aromatic heterocycles. The summed E-state index contributed by atoms with van der Waals surface area (Å²) in [5.74, 6) is 0.794. The van der Waals surface area contributed by atoms with Gasteiger partial charge >= 0.3 is 0 Å². The predicted octanol–water partition coefficient (Wildman–Crippen LogP) is 4.50. The van der Waals surface area contributed by atoms with E-state index in [4.69, 9.17) is 4.74 Å². The first-order valence-electron chi connectivity index (χ1n) is 6.82. The van der Waals surface area contributed by atoms with Gasteiger partial charge in [0, 0.05) is 17.8 Å². The molecule has 0 unspecified atom stereocenters. The van der Waals surface area contributed by atoms with Crippen molar-refractivity contribution in [1.29, 1.82) is 0 Å². The van der Waals surface area contributed by atoms with E-state index in [0.717, 1.165) is 23.4 Å². The molecule has 0 aliphatic rings. The van der Waals surface area contributed by atoms with Crippen LogP contribution in [0.15, 0.2) is 28.7 Å². The fourth-order valence-corrected chi connectivity index (χ4v) is 2.47. The third-order valence-corrected chi connectivity index (χ3v) is 3.71. The lowest BCUT2D eigenvalue weighted by Crippen LogP contribution is -2.14. The number of nitrogens with one attached hydrogen (secondary N) is 1. The molecular weight excluding hydrogens is 335 g/mol. The van der Waals surface area contributed by atoms with Gasteiger partial charge in [-0.1, -0.05) is 6.92 Å². The van der Waals surface area contributed by atoms with E-state index >= 15 is 0 Å².